The summed E-state index contributed by atoms with van der Waals surface area (Å²) >= 11 is 12.9. The number of benzene rings is 2. The number of thioether (sulfide) groups is 1. The van der Waals surface area contributed by atoms with Crippen LogP contribution in [-0.2, 0) is 4.79 Å². The van der Waals surface area contributed by atoms with Gasteiger partial charge in [-0.05, 0) is 24.3 Å². The number of nitrogens with zero attached hydrogens (tertiary/aromatic N) is 2. The highest BCUT2D eigenvalue weighted by atomic mass is 35.5. The van der Waals surface area contributed by atoms with Crippen LogP contribution in [0.3, 0.4) is 0 Å². The van der Waals surface area contributed by atoms with E-state index in [4.69, 9.17) is 23.2 Å². The number of hydrazone groups is 1. The number of carbonyl (C=O) groups excluding carboxylic acids is 1. The molecule has 0 aliphatic rings. The number of halogens is 2. The van der Waals surface area contributed by atoms with Gasteiger partial charge in [0.2, 0.25) is 0 Å². The van der Waals surface area contributed by atoms with E-state index >= 15 is 0 Å². The predicted octanol–water partition coefficient (Wildman–Crippen LogP) is 3.82. The van der Waals surface area contributed by atoms with Gasteiger partial charge >= 0.3 is 0 Å². The molecule has 0 aliphatic heterocycles. The average Bonchev–Trinajstić information content (AvgIpc) is 3.00. The first-order valence-corrected chi connectivity index (χ1v) is 8.84. The monoisotopic (exact) mass is 394 g/mol. The Balaban J connectivity index is 1.56. The van der Waals surface area contributed by atoms with Crippen LogP contribution in [0.25, 0.3) is 11.0 Å². The second-order valence-corrected chi connectivity index (χ2v) is 6.77. The molecule has 25 heavy (non-hydrogen) atoms. The van der Waals surface area contributed by atoms with E-state index in [0.29, 0.717) is 15.7 Å². The number of hydrogen-bond donors (Lipinski definition) is 3. The van der Waals surface area contributed by atoms with E-state index in [0.717, 1.165) is 11.0 Å². The van der Waals surface area contributed by atoms with Crippen LogP contribution in [0.1, 0.15) is 5.56 Å². The lowest BCUT2D eigenvalue weighted by molar-refractivity contribution is -0.118. The Morgan fingerprint density at radius 1 is 1.36 bits per heavy atom. The number of hydrogen-bond acceptors (Lipinski definition) is 5. The van der Waals surface area contributed by atoms with Crippen molar-refractivity contribution in [2.45, 2.75) is 5.16 Å². The lowest BCUT2D eigenvalue weighted by Gasteiger charge is -2.02. The molecule has 3 N–H and O–H groups in total. The van der Waals surface area contributed by atoms with Gasteiger partial charge in [-0.1, -0.05) is 47.1 Å². The lowest BCUT2D eigenvalue weighted by atomic mass is 10.2. The number of para-hydroxylation sites is 2. The number of amides is 1. The zero-order chi connectivity index (χ0) is 17.8. The molecule has 1 amide bonds. The smallest absolute Gasteiger partial charge is 0.250 e. The van der Waals surface area contributed by atoms with Crippen molar-refractivity contribution < 1.29 is 9.90 Å². The molecular formula is C16H12Cl2N4O2S. The number of rotatable bonds is 5. The molecule has 1 heterocycles. The fraction of sp³-hybridized carbons (Fsp3) is 0.0625. The Morgan fingerprint density at radius 2 is 2.16 bits per heavy atom. The summed E-state index contributed by atoms with van der Waals surface area (Å²) in [5.74, 6) is -0.325. The third kappa shape index (κ3) is 4.45. The molecule has 6 nitrogen and oxygen atoms in total. The minimum absolute atomic E-state index is 0.112. The van der Waals surface area contributed by atoms with Crippen molar-refractivity contribution in [3.8, 4) is 5.75 Å². The molecule has 0 radical (unpaired) electrons. The fourth-order valence-corrected chi connectivity index (χ4v) is 3.21. The van der Waals surface area contributed by atoms with E-state index in [1.807, 2.05) is 24.3 Å². The second-order valence-electron chi connectivity index (χ2n) is 4.97. The summed E-state index contributed by atoms with van der Waals surface area (Å²) in [6, 6.07) is 10.5. The number of fused-ring (bicyclic) bond motifs is 1. The first-order valence-electron chi connectivity index (χ1n) is 7.10. The normalized spacial score (nSPS) is 11.3. The zero-order valence-electron chi connectivity index (χ0n) is 12.7. The van der Waals surface area contributed by atoms with Crippen molar-refractivity contribution in [2.75, 3.05) is 5.75 Å². The standard InChI is InChI=1S/C16H12Cl2N4O2S/c17-10-5-9(15(24)11(18)6-10)7-19-22-14(23)8-25-16-20-12-3-1-2-4-13(12)21-16/h1-7,24H,8H2,(H,20,21)(H,22,23)/b19-7-. The van der Waals surface area contributed by atoms with Gasteiger partial charge in [-0.2, -0.15) is 5.10 Å². The molecular weight excluding hydrogens is 383 g/mol. The van der Waals surface area contributed by atoms with Crippen molar-refractivity contribution in [3.63, 3.8) is 0 Å². The van der Waals surface area contributed by atoms with Crippen molar-refractivity contribution in [3.05, 3.63) is 52.0 Å². The predicted molar refractivity (Wildman–Crippen MR) is 101 cm³/mol. The lowest BCUT2D eigenvalue weighted by Crippen LogP contribution is -2.19. The van der Waals surface area contributed by atoms with Gasteiger partial charge in [0.1, 0.15) is 5.75 Å². The molecule has 2 aromatic carbocycles. The van der Waals surface area contributed by atoms with Crippen LogP contribution in [0.2, 0.25) is 10.0 Å². The summed E-state index contributed by atoms with van der Waals surface area (Å²) in [6.07, 6.45) is 1.27. The largest absolute Gasteiger partial charge is 0.506 e. The van der Waals surface area contributed by atoms with Crippen molar-refractivity contribution in [1.29, 1.82) is 0 Å². The second kappa shape index (κ2) is 7.77. The first-order chi connectivity index (χ1) is 12.0. The Labute approximate surface area is 157 Å². The number of aromatic hydroxyl groups is 1. The Kier molecular flexibility index (Phi) is 5.47. The number of phenolic OH excluding ortho intramolecular Hbond substituents is 1. The van der Waals surface area contributed by atoms with Gasteiger partial charge in [0.15, 0.2) is 5.16 Å². The van der Waals surface area contributed by atoms with E-state index in [-0.39, 0.29) is 22.4 Å². The third-order valence-electron chi connectivity index (χ3n) is 3.16. The summed E-state index contributed by atoms with van der Waals surface area (Å²) in [5, 5.41) is 14.7. The van der Waals surface area contributed by atoms with E-state index in [1.165, 1.54) is 30.1 Å². The summed E-state index contributed by atoms with van der Waals surface area (Å²) < 4.78 is 0. The molecule has 3 rings (SSSR count). The quantitative estimate of drug-likeness (QED) is 0.348. The van der Waals surface area contributed by atoms with Crippen LogP contribution in [0.15, 0.2) is 46.7 Å². The molecule has 0 saturated heterocycles. The number of phenols is 1. The van der Waals surface area contributed by atoms with Gasteiger partial charge in [0, 0.05) is 10.6 Å². The van der Waals surface area contributed by atoms with E-state index in [1.54, 1.807) is 0 Å². The van der Waals surface area contributed by atoms with E-state index < -0.39 is 0 Å². The number of imidazole rings is 1. The summed E-state index contributed by atoms with van der Waals surface area (Å²) in [5.41, 5.74) is 4.44. The molecule has 128 valence electrons. The minimum atomic E-state index is -0.311. The van der Waals surface area contributed by atoms with Gasteiger partial charge in [0.25, 0.3) is 5.91 Å². The molecule has 0 atom stereocenters. The molecule has 0 aliphatic carbocycles. The van der Waals surface area contributed by atoms with Gasteiger partial charge in [-0.3, -0.25) is 4.79 Å². The van der Waals surface area contributed by atoms with Crippen molar-refractivity contribution in [1.82, 2.24) is 15.4 Å². The molecule has 0 unspecified atom stereocenters. The zero-order valence-corrected chi connectivity index (χ0v) is 15.0. The van der Waals surface area contributed by atoms with Gasteiger partial charge in [-0.25, -0.2) is 10.4 Å². The number of aromatic nitrogens is 2. The Hall–Kier alpha value is -2.22. The summed E-state index contributed by atoms with van der Waals surface area (Å²) in [6.45, 7) is 0. The molecule has 9 heteroatoms. The Bertz CT molecular complexity index is 925. The molecule has 0 saturated carbocycles. The van der Waals surface area contributed by atoms with E-state index in [2.05, 4.69) is 20.5 Å². The molecule has 0 spiro atoms. The average molecular weight is 395 g/mol. The van der Waals surface area contributed by atoms with Crippen LogP contribution in [0.4, 0.5) is 0 Å². The molecule has 0 bridgehead atoms. The summed E-state index contributed by atoms with van der Waals surface area (Å²) in [7, 11) is 0. The first kappa shape index (κ1) is 17.6. The van der Waals surface area contributed by atoms with Crippen LogP contribution in [0, 0.1) is 0 Å². The molecule has 1 aromatic heterocycles. The van der Waals surface area contributed by atoms with E-state index in [9.17, 15) is 9.90 Å². The van der Waals surface area contributed by atoms with Gasteiger partial charge in [-0.15, -0.1) is 0 Å². The molecule has 0 fully saturated rings. The van der Waals surface area contributed by atoms with Crippen molar-refractivity contribution >= 4 is 58.1 Å². The minimum Gasteiger partial charge on any atom is -0.506 e. The van der Waals surface area contributed by atoms with Crippen LogP contribution < -0.4 is 5.43 Å². The third-order valence-corrected chi connectivity index (χ3v) is 4.54. The highest BCUT2D eigenvalue weighted by Gasteiger charge is 2.08. The van der Waals surface area contributed by atoms with Gasteiger partial charge < -0.3 is 10.1 Å². The number of nitrogens with one attached hydrogen (secondary N) is 2. The fourth-order valence-electron chi connectivity index (χ4n) is 2.02. The number of carbonyl (C=O) groups is 1. The van der Waals surface area contributed by atoms with Crippen molar-refractivity contribution in [2.24, 2.45) is 5.10 Å². The molecule has 3 aromatic rings. The van der Waals surface area contributed by atoms with Crippen LogP contribution in [-0.4, -0.2) is 32.9 Å². The maximum atomic E-state index is 11.8. The van der Waals surface area contributed by atoms with Gasteiger partial charge in [0.05, 0.1) is 28.0 Å². The summed E-state index contributed by atoms with van der Waals surface area (Å²) in [4.78, 5) is 19.3. The highest BCUT2D eigenvalue weighted by Crippen LogP contribution is 2.29. The number of aromatic amines is 1. The number of H-pyrrole nitrogens is 1. The Morgan fingerprint density at radius 3 is 2.96 bits per heavy atom. The highest BCUT2D eigenvalue weighted by molar-refractivity contribution is 7.99. The SMILES string of the molecule is O=C(CSc1nc2ccccc2[nH]1)N/N=C\c1cc(Cl)cc(Cl)c1O. The maximum Gasteiger partial charge on any atom is 0.250 e. The van der Waals surface area contributed by atoms with Crippen LogP contribution in [0.5, 0.6) is 5.75 Å². The topological polar surface area (TPSA) is 90.4 Å². The maximum absolute atomic E-state index is 11.8. The van der Waals surface area contributed by atoms with Crippen LogP contribution >= 0.6 is 35.0 Å².